The molecule has 2 fully saturated rings. The number of benzene rings is 1. The van der Waals surface area contributed by atoms with E-state index in [9.17, 15) is 12.8 Å². The van der Waals surface area contributed by atoms with Crippen LogP contribution in [0.3, 0.4) is 0 Å². The van der Waals surface area contributed by atoms with E-state index in [1.807, 2.05) is 6.07 Å². The van der Waals surface area contributed by atoms with Crippen LogP contribution in [0.4, 0.5) is 4.39 Å². The van der Waals surface area contributed by atoms with E-state index in [1.54, 1.807) is 16.4 Å². The van der Waals surface area contributed by atoms with Crippen molar-refractivity contribution in [3.05, 3.63) is 35.6 Å². The van der Waals surface area contributed by atoms with Gasteiger partial charge in [0.2, 0.25) is 0 Å². The van der Waals surface area contributed by atoms with Crippen LogP contribution in [-0.4, -0.2) is 49.8 Å². The second-order valence-corrected chi connectivity index (χ2v) is 8.07. The summed E-state index contributed by atoms with van der Waals surface area (Å²) in [6.07, 6.45) is 3.42. The molecule has 0 radical (unpaired) electrons. The molecule has 1 aromatic carbocycles. The zero-order valence-corrected chi connectivity index (χ0v) is 14.1. The average molecular weight is 341 g/mol. The number of rotatable bonds is 5. The number of likely N-dealkylation sites (tertiary alicyclic amines) is 1. The average Bonchev–Trinajstić information content (AvgIpc) is 3.06. The second kappa shape index (κ2) is 7.25. The van der Waals surface area contributed by atoms with Gasteiger partial charge in [-0.3, -0.25) is 4.90 Å². The van der Waals surface area contributed by atoms with Crippen molar-refractivity contribution in [2.24, 2.45) is 0 Å². The fraction of sp³-hybridized carbons (Fsp3) is 0.625. The number of hydrogen-bond donors (Lipinski definition) is 1. The Bertz CT molecular complexity index is 624. The third-order valence-corrected chi connectivity index (χ3v) is 6.34. The number of piperidine rings is 1. The van der Waals surface area contributed by atoms with E-state index < -0.39 is 10.2 Å². The first-order chi connectivity index (χ1) is 11.0. The second-order valence-electron chi connectivity index (χ2n) is 6.37. The SMILES string of the molecule is O=S(=O)(NC1CCN(Cc2ccccc2F)CC1)N1CCCC1. The molecule has 1 N–H and O–H groups in total. The molecule has 2 heterocycles. The van der Waals surface area contributed by atoms with Crippen LogP contribution in [0.25, 0.3) is 0 Å². The molecule has 5 nitrogen and oxygen atoms in total. The largest absolute Gasteiger partial charge is 0.299 e. The summed E-state index contributed by atoms with van der Waals surface area (Å²) in [5.41, 5.74) is 0.698. The molecule has 0 aliphatic carbocycles. The van der Waals surface area contributed by atoms with Gasteiger partial charge in [0, 0.05) is 44.3 Å². The van der Waals surface area contributed by atoms with Crippen molar-refractivity contribution in [1.82, 2.24) is 13.9 Å². The highest BCUT2D eigenvalue weighted by Crippen LogP contribution is 2.18. The van der Waals surface area contributed by atoms with Crippen LogP contribution in [0.5, 0.6) is 0 Å². The molecule has 0 spiro atoms. The van der Waals surface area contributed by atoms with Crippen LogP contribution in [0, 0.1) is 5.82 Å². The molecule has 2 saturated heterocycles. The molecular weight excluding hydrogens is 317 g/mol. The van der Waals surface area contributed by atoms with Crippen molar-refractivity contribution >= 4 is 10.2 Å². The van der Waals surface area contributed by atoms with Crippen molar-refractivity contribution in [2.45, 2.75) is 38.3 Å². The van der Waals surface area contributed by atoms with Gasteiger partial charge in [0.05, 0.1) is 0 Å². The van der Waals surface area contributed by atoms with Crippen LogP contribution < -0.4 is 4.72 Å². The van der Waals surface area contributed by atoms with Gasteiger partial charge in [-0.25, -0.2) is 4.39 Å². The van der Waals surface area contributed by atoms with E-state index in [0.717, 1.165) is 38.8 Å². The molecule has 0 aromatic heterocycles. The van der Waals surface area contributed by atoms with E-state index in [0.29, 0.717) is 25.2 Å². The molecule has 0 saturated carbocycles. The number of hydrogen-bond acceptors (Lipinski definition) is 3. The van der Waals surface area contributed by atoms with Crippen molar-refractivity contribution < 1.29 is 12.8 Å². The van der Waals surface area contributed by atoms with Gasteiger partial charge in [-0.05, 0) is 31.7 Å². The maximum Gasteiger partial charge on any atom is 0.279 e. The van der Waals surface area contributed by atoms with Crippen molar-refractivity contribution in [1.29, 1.82) is 0 Å². The molecule has 1 aromatic rings. The fourth-order valence-electron chi connectivity index (χ4n) is 3.29. The van der Waals surface area contributed by atoms with Gasteiger partial charge in [-0.2, -0.15) is 17.4 Å². The Balaban J connectivity index is 1.49. The minimum absolute atomic E-state index is 0.0162. The molecule has 2 aliphatic heterocycles. The molecular formula is C16H24FN3O2S. The van der Waals surface area contributed by atoms with Crippen LogP contribution in [-0.2, 0) is 16.8 Å². The van der Waals surface area contributed by atoms with Gasteiger partial charge in [0.25, 0.3) is 10.2 Å². The van der Waals surface area contributed by atoms with Crippen LogP contribution >= 0.6 is 0 Å². The van der Waals surface area contributed by atoms with Gasteiger partial charge in [-0.15, -0.1) is 0 Å². The lowest BCUT2D eigenvalue weighted by Gasteiger charge is -2.33. The quantitative estimate of drug-likeness (QED) is 0.887. The summed E-state index contributed by atoms with van der Waals surface area (Å²) >= 11 is 0. The first-order valence-corrected chi connectivity index (χ1v) is 9.72. The van der Waals surface area contributed by atoms with Crippen molar-refractivity contribution in [3.63, 3.8) is 0 Å². The summed E-state index contributed by atoms with van der Waals surface area (Å²) in [5.74, 6) is -0.177. The highest BCUT2D eigenvalue weighted by molar-refractivity contribution is 7.87. The summed E-state index contributed by atoms with van der Waals surface area (Å²) < 4.78 is 42.6. The molecule has 7 heteroatoms. The summed E-state index contributed by atoms with van der Waals surface area (Å²) in [7, 11) is -3.34. The minimum Gasteiger partial charge on any atom is -0.299 e. The zero-order chi connectivity index (χ0) is 16.3. The van der Waals surface area contributed by atoms with Crippen LogP contribution in [0.1, 0.15) is 31.2 Å². The molecule has 0 bridgehead atoms. The Morgan fingerprint density at radius 2 is 1.74 bits per heavy atom. The summed E-state index contributed by atoms with van der Waals surface area (Å²) in [6.45, 7) is 3.39. The topological polar surface area (TPSA) is 52.7 Å². The van der Waals surface area contributed by atoms with Gasteiger partial charge in [0.1, 0.15) is 5.82 Å². The third kappa shape index (κ3) is 4.29. The standard InChI is InChI=1S/C16H24FN3O2S/c17-16-6-2-1-5-14(16)13-19-11-7-15(8-12-19)18-23(21,22)20-9-3-4-10-20/h1-2,5-6,15,18H,3-4,7-13H2. The monoisotopic (exact) mass is 341 g/mol. The summed E-state index contributed by atoms with van der Waals surface area (Å²) in [4.78, 5) is 2.18. The number of nitrogens with zero attached hydrogens (tertiary/aromatic N) is 2. The molecule has 0 unspecified atom stereocenters. The number of nitrogens with one attached hydrogen (secondary N) is 1. The molecule has 2 aliphatic rings. The maximum atomic E-state index is 13.7. The Kier molecular flexibility index (Phi) is 5.31. The first kappa shape index (κ1) is 16.8. The lowest BCUT2D eigenvalue weighted by molar-refractivity contribution is 0.197. The summed E-state index contributed by atoms with van der Waals surface area (Å²) in [5, 5.41) is 0. The van der Waals surface area contributed by atoms with E-state index in [2.05, 4.69) is 9.62 Å². The molecule has 128 valence electrons. The van der Waals surface area contributed by atoms with Crippen LogP contribution in [0.2, 0.25) is 0 Å². The third-order valence-electron chi connectivity index (χ3n) is 4.66. The van der Waals surface area contributed by atoms with Crippen LogP contribution in [0.15, 0.2) is 24.3 Å². The Morgan fingerprint density at radius 3 is 2.39 bits per heavy atom. The van der Waals surface area contributed by atoms with Gasteiger partial charge in [0.15, 0.2) is 0 Å². The molecule has 3 rings (SSSR count). The highest BCUT2D eigenvalue weighted by Gasteiger charge is 2.29. The predicted molar refractivity (Wildman–Crippen MR) is 87.6 cm³/mol. The van der Waals surface area contributed by atoms with E-state index in [4.69, 9.17) is 0 Å². The Hall–Kier alpha value is -1.02. The van der Waals surface area contributed by atoms with E-state index >= 15 is 0 Å². The van der Waals surface area contributed by atoms with E-state index in [1.165, 1.54) is 6.07 Å². The Labute approximate surface area is 137 Å². The van der Waals surface area contributed by atoms with Crippen molar-refractivity contribution in [2.75, 3.05) is 26.2 Å². The fourth-order valence-corrected chi connectivity index (χ4v) is 4.84. The Morgan fingerprint density at radius 1 is 1.09 bits per heavy atom. The van der Waals surface area contributed by atoms with E-state index in [-0.39, 0.29) is 11.9 Å². The lowest BCUT2D eigenvalue weighted by atomic mass is 10.1. The predicted octanol–water partition coefficient (Wildman–Crippen LogP) is 1.72. The maximum absolute atomic E-state index is 13.7. The van der Waals surface area contributed by atoms with Crippen molar-refractivity contribution in [3.8, 4) is 0 Å². The van der Waals surface area contributed by atoms with Gasteiger partial charge in [-0.1, -0.05) is 18.2 Å². The normalized spacial score (nSPS) is 21.8. The highest BCUT2D eigenvalue weighted by atomic mass is 32.2. The zero-order valence-electron chi connectivity index (χ0n) is 13.2. The number of halogens is 1. The van der Waals surface area contributed by atoms with Gasteiger partial charge < -0.3 is 0 Å². The molecule has 0 atom stereocenters. The van der Waals surface area contributed by atoms with Gasteiger partial charge >= 0.3 is 0 Å². The lowest BCUT2D eigenvalue weighted by Crippen LogP contribution is -2.48. The molecule has 23 heavy (non-hydrogen) atoms. The molecule has 0 amide bonds. The first-order valence-electron chi connectivity index (χ1n) is 8.28. The smallest absolute Gasteiger partial charge is 0.279 e. The summed E-state index contributed by atoms with van der Waals surface area (Å²) in [6, 6.07) is 6.80. The minimum atomic E-state index is -3.34.